The Hall–Kier alpha value is -2.47. The Balaban J connectivity index is 1.73. The maximum absolute atomic E-state index is 11.9. The molecule has 0 radical (unpaired) electrons. The Kier molecular flexibility index (Phi) is 5.87. The van der Waals surface area contributed by atoms with Crippen LogP contribution in [0.15, 0.2) is 47.1 Å². The number of nitrogens with one attached hydrogen (secondary N) is 2. The third kappa shape index (κ3) is 5.31. The number of urea groups is 1. The second-order valence-corrected chi connectivity index (χ2v) is 6.11. The standard InChI is InChI=1S/C18H24N2O4/c1-13-6-4-7-15(10-13)24-11-14(2)20-17(21)19-12-18(3,22)16-8-5-9-23-16/h4-10,14,22H,11-12H2,1-3H3,(H2,19,20,21). The SMILES string of the molecule is Cc1cccc(OCC(C)NC(=O)NCC(C)(O)c2ccco2)c1. The highest BCUT2D eigenvalue weighted by molar-refractivity contribution is 5.74. The van der Waals surface area contributed by atoms with Crippen molar-refractivity contribution in [2.24, 2.45) is 0 Å². The van der Waals surface area contributed by atoms with Gasteiger partial charge >= 0.3 is 6.03 Å². The summed E-state index contributed by atoms with van der Waals surface area (Å²) in [6.45, 7) is 5.81. The number of rotatable bonds is 7. The van der Waals surface area contributed by atoms with E-state index in [1.54, 1.807) is 19.1 Å². The molecule has 1 heterocycles. The molecule has 0 saturated carbocycles. The van der Waals surface area contributed by atoms with Crippen LogP contribution < -0.4 is 15.4 Å². The maximum atomic E-state index is 11.9. The van der Waals surface area contributed by atoms with Crippen molar-refractivity contribution in [3.8, 4) is 5.75 Å². The van der Waals surface area contributed by atoms with Crippen molar-refractivity contribution in [1.29, 1.82) is 0 Å². The minimum Gasteiger partial charge on any atom is -0.491 e. The predicted octanol–water partition coefficient (Wildman–Crippen LogP) is 2.56. The summed E-state index contributed by atoms with van der Waals surface area (Å²) in [4.78, 5) is 11.9. The normalized spacial score (nSPS) is 14.5. The maximum Gasteiger partial charge on any atom is 0.315 e. The molecule has 2 amide bonds. The Bertz CT molecular complexity index is 653. The zero-order valence-electron chi connectivity index (χ0n) is 14.2. The molecule has 0 saturated heterocycles. The number of aryl methyl sites for hydroxylation is 1. The van der Waals surface area contributed by atoms with Crippen molar-refractivity contribution in [3.05, 3.63) is 54.0 Å². The number of furan rings is 1. The van der Waals surface area contributed by atoms with Gasteiger partial charge in [-0.25, -0.2) is 4.79 Å². The van der Waals surface area contributed by atoms with Gasteiger partial charge in [-0.1, -0.05) is 12.1 Å². The number of benzene rings is 1. The fourth-order valence-electron chi connectivity index (χ4n) is 2.17. The molecule has 0 aliphatic carbocycles. The molecule has 2 rings (SSSR count). The Morgan fingerprint density at radius 3 is 2.83 bits per heavy atom. The number of hydrogen-bond donors (Lipinski definition) is 3. The van der Waals surface area contributed by atoms with Crippen LogP contribution in [-0.2, 0) is 5.60 Å². The van der Waals surface area contributed by atoms with E-state index in [0.717, 1.165) is 11.3 Å². The molecule has 2 unspecified atom stereocenters. The van der Waals surface area contributed by atoms with Crippen molar-refractivity contribution in [3.63, 3.8) is 0 Å². The van der Waals surface area contributed by atoms with Gasteiger partial charge in [0.15, 0.2) is 0 Å². The molecule has 130 valence electrons. The molecule has 0 bridgehead atoms. The first kappa shape index (κ1) is 17.9. The highest BCUT2D eigenvalue weighted by Gasteiger charge is 2.26. The molecule has 2 aromatic rings. The summed E-state index contributed by atoms with van der Waals surface area (Å²) < 4.78 is 10.8. The van der Waals surface area contributed by atoms with Crippen LogP contribution in [0.2, 0.25) is 0 Å². The number of carbonyl (C=O) groups is 1. The van der Waals surface area contributed by atoms with Crippen molar-refractivity contribution < 1.29 is 19.1 Å². The third-order valence-corrected chi connectivity index (χ3v) is 3.51. The van der Waals surface area contributed by atoms with Gasteiger partial charge in [-0.2, -0.15) is 0 Å². The fraction of sp³-hybridized carbons (Fsp3) is 0.389. The van der Waals surface area contributed by atoms with Gasteiger partial charge in [0, 0.05) is 0 Å². The van der Waals surface area contributed by atoms with Crippen molar-refractivity contribution in [1.82, 2.24) is 10.6 Å². The van der Waals surface area contributed by atoms with Crippen LogP contribution >= 0.6 is 0 Å². The monoisotopic (exact) mass is 332 g/mol. The Morgan fingerprint density at radius 2 is 2.17 bits per heavy atom. The highest BCUT2D eigenvalue weighted by Crippen LogP contribution is 2.19. The highest BCUT2D eigenvalue weighted by atomic mass is 16.5. The molecular weight excluding hydrogens is 308 g/mol. The summed E-state index contributed by atoms with van der Waals surface area (Å²) in [6, 6.07) is 10.5. The summed E-state index contributed by atoms with van der Waals surface area (Å²) >= 11 is 0. The molecule has 0 aliphatic heterocycles. The Labute approximate surface area is 141 Å². The molecule has 6 heteroatoms. The topological polar surface area (TPSA) is 83.7 Å². The van der Waals surface area contributed by atoms with Crippen LogP contribution in [0, 0.1) is 6.92 Å². The van der Waals surface area contributed by atoms with Gasteiger partial charge in [-0.15, -0.1) is 0 Å². The molecule has 3 N–H and O–H groups in total. The van der Waals surface area contributed by atoms with E-state index in [0.29, 0.717) is 12.4 Å². The molecule has 0 aliphatic rings. The molecule has 1 aromatic carbocycles. The zero-order chi connectivity index (χ0) is 17.6. The van der Waals surface area contributed by atoms with Crippen LogP contribution in [0.5, 0.6) is 5.75 Å². The quantitative estimate of drug-likeness (QED) is 0.727. The average Bonchev–Trinajstić information content (AvgIpc) is 3.07. The molecule has 24 heavy (non-hydrogen) atoms. The number of hydrogen-bond acceptors (Lipinski definition) is 4. The number of ether oxygens (including phenoxy) is 1. The summed E-state index contributed by atoms with van der Waals surface area (Å²) in [5, 5.41) is 15.7. The predicted molar refractivity (Wildman–Crippen MR) is 90.9 cm³/mol. The lowest BCUT2D eigenvalue weighted by Crippen LogP contribution is -2.47. The molecule has 6 nitrogen and oxygen atoms in total. The van der Waals surface area contributed by atoms with Gasteiger partial charge in [0.25, 0.3) is 0 Å². The van der Waals surface area contributed by atoms with Crippen LogP contribution in [0.4, 0.5) is 4.79 Å². The van der Waals surface area contributed by atoms with E-state index in [2.05, 4.69) is 10.6 Å². The first-order valence-corrected chi connectivity index (χ1v) is 7.87. The molecule has 2 atom stereocenters. The van der Waals surface area contributed by atoms with Gasteiger partial charge in [-0.3, -0.25) is 0 Å². The first-order valence-electron chi connectivity index (χ1n) is 7.87. The fourth-order valence-corrected chi connectivity index (χ4v) is 2.17. The molecular formula is C18H24N2O4. The summed E-state index contributed by atoms with van der Waals surface area (Å²) in [6.07, 6.45) is 1.48. The van der Waals surface area contributed by atoms with Gasteiger partial charge in [0.1, 0.15) is 23.7 Å². The first-order chi connectivity index (χ1) is 11.4. The van der Waals surface area contributed by atoms with Gasteiger partial charge < -0.3 is 24.9 Å². The lowest BCUT2D eigenvalue weighted by molar-refractivity contribution is 0.0366. The van der Waals surface area contributed by atoms with Crippen molar-refractivity contribution >= 4 is 6.03 Å². The van der Waals surface area contributed by atoms with E-state index in [1.807, 2.05) is 38.1 Å². The van der Waals surface area contributed by atoms with Gasteiger partial charge in [0.05, 0.1) is 18.8 Å². The van der Waals surface area contributed by atoms with E-state index >= 15 is 0 Å². The van der Waals surface area contributed by atoms with Crippen LogP contribution in [0.1, 0.15) is 25.2 Å². The number of amides is 2. The minimum atomic E-state index is -1.26. The van der Waals surface area contributed by atoms with Crippen molar-refractivity contribution in [2.75, 3.05) is 13.2 Å². The largest absolute Gasteiger partial charge is 0.491 e. The molecule has 0 fully saturated rings. The number of carbonyl (C=O) groups excluding carboxylic acids is 1. The van der Waals surface area contributed by atoms with E-state index in [4.69, 9.17) is 9.15 Å². The lowest BCUT2D eigenvalue weighted by Gasteiger charge is -2.22. The summed E-state index contributed by atoms with van der Waals surface area (Å²) in [7, 11) is 0. The zero-order valence-corrected chi connectivity index (χ0v) is 14.2. The smallest absolute Gasteiger partial charge is 0.315 e. The lowest BCUT2D eigenvalue weighted by atomic mass is 10.0. The van der Waals surface area contributed by atoms with Crippen molar-refractivity contribution in [2.45, 2.75) is 32.4 Å². The van der Waals surface area contributed by atoms with Crippen LogP contribution in [-0.4, -0.2) is 30.3 Å². The van der Waals surface area contributed by atoms with E-state index in [1.165, 1.54) is 6.26 Å². The molecule has 1 aromatic heterocycles. The van der Waals surface area contributed by atoms with E-state index in [-0.39, 0.29) is 18.6 Å². The van der Waals surface area contributed by atoms with Crippen LogP contribution in [0.25, 0.3) is 0 Å². The summed E-state index contributed by atoms with van der Waals surface area (Å²) in [5.74, 6) is 1.17. The molecule has 0 spiro atoms. The van der Waals surface area contributed by atoms with Gasteiger partial charge in [-0.05, 0) is 50.6 Å². The van der Waals surface area contributed by atoms with Gasteiger partial charge in [0.2, 0.25) is 0 Å². The third-order valence-electron chi connectivity index (χ3n) is 3.51. The van der Waals surface area contributed by atoms with E-state index < -0.39 is 5.60 Å². The second kappa shape index (κ2) is 7.88. The summed E-state index contributed by atoms with van der Waals surface area (Å²) in [5.41, 5.74) is -0.145. The van der Waals surface area contributed by atoms with E-state index in [9.17, 15) is 9.90 Å². The Morgan fingerprint density at radius 1 is 1.38 bits per heavy atom. The van der Waals surface area contributed by atoms with Crippen LogP contribution in [0.3, 0.4) is 0 Å². The number of aliphatic hydroxyl groups is 1. The second-order valence-electron chi connectivity index (χ2n) is 6.11. The minimum absolute atomic E-state index is 0.0395. The average molecular weight is 332 g/mol.